The summed E-state index contributed by atoms with van der Waals surface area (Å²) in [6.45, 7) is 2.97. The summed E-state index contributed by atoms with van der Waals surface area (Å²) >= 11 is 0. The fourth-order valence-corrected chi connectivity index (χ4v) is 3.96. The van der Waals surface area contributed by atoms with Crippen LogP contribution < -0.4 is 5.32 Å². The number of hydrogen-bond acceptors (Lipinski definition) is 2. The van der Waals surface area contributed by atoms with Crippen LogP contribution in [0.1, 0.15) is 24.5 Å². The summed E-state index contributed by atoms with van der Waals surface area (Å²) in [6.07, 6.45) is 3.53. The molecule has 0 spiro atoms. The van der Waals surface area contributed by atoms with Gasteiger partial charge in [0.05, 0.1) is 5.92 Å². The third-order valence-corrected chi connectivity index (χ3v) is 5.62. The van der Waals surface area contributed by atoms with Gasteiger partial charge < -0.3 is 15.2 Å². The van der Waals surface area contributed by atoms with Gasteiger partial charge in [-0.1, -0.05) is 25.1 Å². The normalized spacial score (nSPS) is 16.6. The lowest BCUT2D eigenvalue weighted by molar-refractivity contribution is -0.128. The van der Waals surface area contributed by atoms with E-state index in [0.717, 1.165) is 34.1 Å². The topological polar surface area (TPSA) is 65.2 Å². The van der Waals surface area contributed by atoms with Crippen molar-refractivity contribution in [2.45, 2.75) is 26.2 Å². The first-order valence-corrected chi connectivity index (χ1v) is 9.97. The molecule has 1 aliphatic heterocycles. The lowest BCUT2D eigenvalue weighted by atomic mass is 10.1. The maximum atomic E-state index is 13.5. The zero-order valence-corrected chi connectivity index (χ0v) is 16.4. The summed E-state index contributed by atoms with van der Waals surface area (Å²) in [7, 11) is 0. The highest BCUT2D eigenvalue weighted by atomic mass is 19.1. The quantitative estimate of drug-likeness (QED) is 0.667. The molecule has 3 aromatic rings. The Kier molecular flexibility index (Phi) is 5.34. The first-order valence-electron chi connectivity index (χ1n) is 9.97. The fraction of sp³-hybridized carbons (Fsp3) is 0.304. The Balaban J connectivity index is 1.38. The predicted molar refractivity (Wildman–Crippen MR) is 111 cm³/mol. The summed E-state index contributed by atoms with van der Waals surface area (Å²) in [5, 5.41) is 3.82. The fourth-order valence-electron chi connectivity index (χ4n) is 3.96. The molecule has 1 fully saturated rings. The van der Waals surface area contributed by atoms with E-state index in [1.54, 1.807) is 11.0 Å². The van der Waals surface area contributed by atoms with Crippen molar-refractivity contribution in [2.75, 3.05) is 18.4 Å². The molecule has 0 saturated carbocycles. The summed E-state index contributed by atoms with van der Waals surface area (Å²) < 4.78 is 13.5. The Morgan fingerprint density at radius 1 is 1.24 bits per heavy atom. The second-order valence-electron chi connectivity index (χ2n) is 7.49. The van der Waals surface area contributed by atoms with Crippen LogP contribution in [0, 0.1) is 11.7 Å². The van der Waals surface area contributed by atoms with Crippen LogP contribution in [0.4, 0.5) is 10.1 Å². The van der Waals surface area contributed by atoms with Gasteiger partial charge in [-0.15, -0.1) is 0 Å². The van der Waals surface area contributed by atoms with Crippen LogP contribution in [0.15, 0.2) is 48.7 Å². The van der Waals surface area contributed by atoms with Crippen molar-refractivity contribution in [1.82, 2.24) is 9.88 Å². The molecule has 2 aromatic carbocycles. The van der Waals surface area contributed by atoms with E-state index in [0.29, 0.717) is 19.5 Å². The third kappa shape index (κ3) is 4.01. The number of aryl methyl sites for hydroxylation is 1. The molecule has 2 amide bonds. The molecule has 1 saturated heterocycles. The van der Waals surface area contributed by atoms with Gasteiger partial charge >= 0.3 is 0 Å². The van der Waals surface area contributed by atoms with E-state index in [1.807, 2.05) is 37.4 Å². The highest BCUT2D eigenvalue weighted by Gasteiger charge is 2.34. The van der Waals surface area contributed by atoms with Gasteiger partial charge in [0.15, 0.2) is 0 Å². The maximum absolute atomic E-state index is 13.5. The minimum Gasteiger partial charge on any atom is -0.361 e. The molecule has 1 aromatic heterocycles. The van der Waals surface area contributed by atoms with E-state index in [2.05, 4.69) is 10.3 Å². The lowest BCUT2D eigenvalue weighted by Gasteiger charge is -2.17. The second-order valence-corrected chi connectivity index (χ2v) is 7.49. The lowest BCUT2D eigenvalue weighted by Crippen LogP contribution is -2.30. The minimum absolute atomic E-state index is 0.0139. The molecule has 0 radical (unpaired) electrons. The number of carbonyl (C=O) groups is 2. The molecule has 0 aliphatic carbocycles. The molecular weight excluding hydrogens is 369 g/mol. The van der Waals surface area contributed by atoms with Gasteiger partial charge in [0.2, 0.25) is 11.8 Å². The number of hydrogen-bond donors (Lipinski definition) is 2. The molecule has 6 heteroatoms. The van der Waals surface area contributed by atoms with E-state index in [4.69, 9.17) is 0 Å². The smallest absolute Gasteiger partial charge is 0.229 e. The molecule has 1 unspecified atom stereocenters. The van der Waals surface area contributed by atoms with E-state index in [-0.39, 0.29) is 30.0 Å². The van der Waals surface area contributed by atoms with Gasteiger partial charge in [0.1, 0.15) is 5.82 Å². The molecule has 1 aliphatic rings. The molecule has 5 nitrogen and oxygen atoms in total. The predicted octanol–water partition coefficient (Wildman–Crippen LogP) is 3.90. The van der Waals surface area contributed by atoms with Gasteiger partial charge in [0.25, 0.3) is 0 Å². The number of aromatic nitrogens is 1. The number of fused-ring (bicyclic) bond motifs is 1. The van der Waals surface area contributed by atoms with E-state index < -0.39 is 0 Å². The number of benzene rings is 2. The van der Waals surface area contributed by atoms with Crippen molar-refractivity contribution in [3.05, 3.63) is 65.6 Å². The van der Waals surface area contributed by atoms with Crippen molar-refractivity contribution < 1.29 is 14.0 Å². The van der Waals surface area contributed by atoms with Crippen molar-refractivity contribution in [3.63, 3.8) is 0 Å². The Morgan fingerprint density at radius 2 is 2.07 bits per heavy atom. The summed E-state index contributed by atoms with van der Waals surface area (Å²) in [6, 6.07) is 12.4. The van der Waals surface area contributed by atoms with Gasteiger partial charge in [-0.3, -0.25) is 9.59 Å². The summed E-state index contributed by atoms with van der Waals surface area (Å²) in [5.41, 5.74) is 3.73. The minimum atomic E-state index is -0.354. The molecular formula is C23H24FN3O2. The molecule has 4 rings (SSSR count). The summed E-state index contributed by atoms with van der Waals surface area (Å²) in [5.74, 6) is -0.761. The van der Waals surface area contributed by atoms with Crippen LogP contribution in [0.25, 0.3) is 10.9 Å². The van der Waals surface area contributed by atoms with Crippen LogP contribution in [0.5, 0.6) is 0 Å². The number of anilines is 1. The molecule has 2 heterocycles. The highest BCUT2D eigenvalue weighted by molar-refractivity contribution is 5.97. The second kappa shape index (κ2) is 8.07. The van der Waals surface area contributed by atoms with Gasteiger partial charge in [0, 0.05) is 42.3 Å². The first-order chi connectivity index (χ1) is 14.0. The third-order valence-electron chi connectivity index (χ3n) is 5.62. The molecule has 1 atom stereocenters. The van der Waals surface area contributed by atoms with Crippen LogP contribution in [-0.4, -0.2) is 34.8 Å². The van der Waals surface area contributed by atoms with E-state index in [9.17, 15) is 14.0 Å². The van der Waals surface area contributed by atoms with Crippen LogP contribution in [0.3, 0.4) is 0 Å². The van der Waals surface area contributed by atoms with Crippen molar-refractivity contribution in [3.8, 4) is 0 Å². The Morgan fingerprint density at radius 3 is 2.90 bits per heavy atom. The van der Waals surface area contributed by atoms with Crippen LogP contribution in [0.2, 0.25) is 0 Å². The van der Waals surface area contributed by atoms with Gasteiger partial charge in [-0.25, -0.2) is 4.39 Å². The number of para-hydroxylation sites is 1. The van der Waals surface area contributed by atoms with Crippen LogP contribution in [-0.2, 0) is 22.4 Å². The largest absolute Gasteiger partial charge is 0.361 e. The van der Waals surface area contributed by atoms with Crippen molar-refractivity contribution >= 4 is 28.4 Å². The number of amides is 2. The number of nitrogens with zero attached hydrogens (tertiary/aromatic N) is 1. The molecule has 2 N–H and O–H groups in total. The standard InChI is InChI=1S/C23H24FN3O2/c1-2-15-5-3-4-6-20(15)26-23(29)17-11-22(28)27(14-17)10-9-16-13-25-21-8-7-18(24)12-19(16)21/h3-8,12-13,17,25H,2,9-11,14H2,1H3,(H,26,29). The summed E-state index contributed by atoms with van der Waals surface area (Å²) in [4.78, 5) is 30.0. The average Bonchev–Trinajstić information content (AvgIpc) is 3.29. The van der Waals surface area contributed by atoms with Crippen molar-refractivity contribution in [1.29, 1.82) is 0 Å². The molecule has 29 heavy (non-hydrogen) atoms. The van der Waals surface area contributed by atoms with Crippen molar-refractivity contribution in [2.24, 2.45) is 5.92 Å². The monoisotopic (exact) mass is 393 g/mol. The highest BCUT2D eigenvalue weighted by Crippen LogP contribution is 2.24. The van der Waals surface area contributed by atoms with E-state index in [1.165, 1.54) is 12.1 Å². The first kappa shape index (κ1) is 19.2. The number of likely N-dealkylation sites (tertiary alicyclic amines) is 1. The number of nitrogens with one attached hydrogen (secondary N) is 2. The molecule has 0 bridgehead atoms. The Bertz CT molecular complexity index is 1060. The Hall–Kier alpha value is -3.15. The zero-order valence-electron chi connectivity index (χ0n) is 16.4. The zero-order chi connectivity index (χ0) is 20.4. The average molecular weight is 393 g/mol. The number of halogens is 1. The SMILES string of the molecule is CCc1ccccc1NC(=O)C1CC(=O)N(CCc2c[nH]c3ccc(F)cc23)C1. The maximum Gasteiger partial charge on any atom is 0.229 e. The van der Waals surface area contributed by atoms with Gasteiger partial charge in [-0.2, -0.15) is 0 Å². The van der Waals surface area contributed by atoms with Gasteiger partial charge in [-0.05, 0) is 48.2 Å². The number of carbonyl (C=O) groups excluding carboxylic acids is 2. The van der Waals surface area contributed by atoms with E-state index >= 15 is 0 Å². The number of rotatable bonds is 6. The molecule has 150 valence electrons. The Labute approximate surface area is 168 Å². The number of H-pyrrole nitrogens is 1. The number of aromatic amines is 1. The van der Waals surface area contributed by atoms with Crippen LogP contribution >= 0.6 is 0 Å².